The lowest BCUT2D eigenvalue weighted by Gasteiger charge is -2.33. The summed E-state index contributed by atoms with van der Waals surface area (Å²) in [5.74, 6) is 0.104. The van der Waals surface area contributed by atoms with Gasteiger partial charge in [-0.2, -0.15) is 0 Å². The molecule has 0 N–H and O–H groups in total. The highest BCUT2D eigenvalue weighted by Crippen LogP contribution is 2.23. The van der Waals surface area contributed by atoms with Crippen molar-refractivity contribution in [1.29, 1.82) is 0 Å². The molecule has 1 aromatic heterocycles. The van der Waals surface area contributed by atoms with Gasteiger partial charge in [0.25, 0.3) is 0 Å². The predicted octanol–water partition coefficient (Wildman–Crippen LogP) is 3.82. The van der Waals surface area contributed by atoms with Gasteiger partial charge in [0.15, 0.2) is 0 Å². The number of ether oxygens (including phenoxy) is 2. The molecule has 3 heterocycles. The monoisotopic (exact) mass is 480 g/mol. The zero-order chi connectivity index (χ0) is 25.0. The smallest absolute Gasteiger partial charge is 0.410 e. The van der Waals surface area contributed by atoms with Crippen molar-refractivity contribution in [1.82, 2.24) is 19.8 Å². The maximum Gasteiger partial charge on any atom is 0.410 e. The van der Waals surface area contributed by atoms with Crippen LogP contribution < -0.4 is 4.74 Å². The highest BCUT2D eigenvalue weighted by atomic mass is 16.6. The van der Waals surface area contributed by atoms with Gasteiger partial charge in [-0.25, -0.2) is 14.8 Å². The van der Waals surface area contributed by atoms with Crippen LogP contribution >= 0.6 is 0 Å². The molecular formula is C26H32N4O5. The van der Waals surface area contributed by atoms with E-state index in [4.69, 9.17) is 9.47 Å². The fourth-order valence-corrected chi connectivity index (χ4v) is 4.13. The Hall–Kier alpha value is -3.49. The van der Waals surface area contributed by atoms with Crippen molar-refractivity contribution < 1.29 is 23.9 Å². The molecular weight excluding hydrogens is 448 g/mol. The van der Waals surface area contributed by atoms with Crippen molar-refractivity contribution in [3.8, 4) is 17.1 Å². The zero-order valence-electron chi connectivity index (χ0n) is 20.5. The minimum atomic E-state index is -0.489. The third kappa shape index (κ3) is 6.55. The van der Waals surface area contributed by atoms with E-state index in [1.807, 2.05) is 45.0 Å². The van der Waals surface area contributed by atoms with Gasteiger partial charge in [0, 0.05) is 43.9 Å². The molecule has 1 aromatic carbocycles. The van der Waals surface area contributed by atoms with Crippen LogP contribution in [0.3, 0.4) is 0 Å². The largest absolute Gasteiger partial charge is 0.463 e. The normalized spacial score (nSPS) is 17.1. The number of rotatable bonds is 6. The second kappa shape index (κ2) is 10.4. The van der Waals surface area contributed by atoms with Crippen LogP contribution in [-0.4, -0.2) is 63.0 Å². The highest BCUT2D eigenvalue weighted by molar-refractivity contribution is 6.01. The summed E-state index contributed by atoms with van der Waals surface area (Å²) < 4.78 is 11.2. The standard InChI is InChI=1S/C26H32N4O5/c1-26(2,3)35-25(33)29-12-10-19(11-13-29)17-34-24-27-14-21(15-28-24)20-6-4-18(5-7-20)16-30-22(31)8-9-23(30)32/h4-7,14-15,19H,8-13,16-17H2,1-3H3. The maximum atomic E-state index is 12.2. The van der Waals surface area contributed by atoms with E-state index in [2.05, 4.69) is 9.97 Å². The van der Waals surface area contributed by atoms with E-state index < -0.39 is 5.60 Å². The molecule has 0 unspecified atom stereocenters. The molecule has 9 heteroatoms. The molecule has 2 aliphatic heterocycles. The van der Waals surface area contributed by atoms with E-state index in [1.54, 1.807) is 17.3 Å². The molecule has 3 amide bonds. The second-order valence-corrected chi connectivity index (χ2v) is 10.0. The van der Waals surface area contributed by atoms with Crippen LogP contribution in [0.2, 0.25) is 0 Å². The van der Waals surface area contributed by atoms with Gasteiger partial charge in [0.2, 0.25) is 11.8 Å². The zero-order valence-corrected chi connectivity index (χ0v) is 20.5. The van der Waals surface area contributed by atoms with E-state index in [0.717, 1.165) is 29.5 Å². The maximum absolute atomic E-state index is 12.2. The van der Waals surface area contributed by atoms with Crippen LogP contribution in [0, 0.1) is 5.92 Å². The summed E-state index contributed by atoms with van der Waals surface area (Å²) in [6.45, 7) is 7.72. The molecule has 9 nitrogen and oxygen atoms in total. The van der Waals surface area contributed by atoms with Gasteiger partial charge in [-0.05, 0) is 50.7 Å². The van der Waals surface area contributed by atoms with Gasteiger partial charge in [-0.3, -0.25) is 14.5 Å². The summed E-state index contributed by atoms with van der Waals surface area (Å²) in [6, 6.07) is 7.99. The van der Waals surface area contributed by atoms with Gasteiger partial charge >= 0.3 is 12.1 Å². The first-order valence-electron chi connectivity index (χ1n) is 12.0. The molecule has 186 valence electrons. The third-order valence-corrected chi connectivity index (χ3v) is 6.13. The Morgan fingerprint density at radius 2 is 1.57 bits per heavy atom. The average molecular weight is 481 g/mol. The molecule has 0 bridgehead atoms. The van der Waals surface area contributed by atoms with Gasteiger partial charge in [0.05, 0.1) is 13.2 Å². The number of nitrogens with zero attached hydrogens (tertiary/aromatic N) is 4. The van der Waals surface area contributed by atoms with Crippen molar-refractivity contribution in [2.45, 2.75) is 58.6 Å². The van der Waals surface area contributed by atoms with Crippen LogP contribution in [0.15, 0.2) is 36.7 Å². The summed E-state index contributed by atoms with van der Waals surface area (Å²) in [5, 5.41) is 0. The van der Waals surface area contributed by atoms with Crippen molar-refractivity contribution >= 4 is 17.9 Å². The Bertz CT molecular complexity index is 1040. The summed E-state index contributed by atoms with van der Waals surface area (Å²) >= 11 is 0. The van der Waals surface area contributed by atoms with Gasteiger partial charge in [0.1, 0.15) is 5.60 Å². The van der Waals surface area contributed by atoms with E-state index in [-0.39, 0.29) is 17.9 Å². The number of carbonyl (C=O) groups is 3. The number of benzene rings is 1. The summed E-state index contributed by atoms with van der Waals surface area (Å²) in [5.41, 5.74) is 2.20. The average Bonchev–Trinajstić information content (AvgIpc) is 3.15. The summed E-state index contributed by atoms with van der Waals surface area (Å²) in [4.78, 5) is 47.5. The van der Waals surface area contributed by atoms with E-state index in [9.17, 15) is 14.4 Å². The molecule has 35 heavy (non-hydrogen) atoms. The molecule has 2 saturated heterocycles. The number of likely N-dealkylation sites (tertiary alicyclic amines) is 2. The molecule has 0 radical (unpaired) electrons. The molecule has 2 aromatic rings. The van der Waals surface area contributed by atoms with Gasteiger partial charge in [-0.15, -0.1) is 0 Å². The van der Waals surface area contributed by atoms with Gasteiger partial charge in [-0.1, -0.05) is 24.3 Å². The van der Waals surface area contributed by atoms with Crippen LogP contribution in [0.1, 0.15) is 52.0 Å². The Labute approximate surface area is 205 Å². The Morgan fingerprint density at radius 3 is 2.14 bits per heavy atom. The first-order chi connectivity index (χ1) is 16.7. The highest BCUT2D eigenvalue weighted by Gasteiger charge is 2.29. The first-order valence-corrected chi connectivity index (χ1v) is 12.0. The predicted molar refractivity (Wildman–Crippen MR) is 128 cm³/mol. The number of piperidine rings is 1. The Balaban J connectivity index is 1.24. The molecule has 0 aliphatic carbocycles. The van der Waals surface area contributed by atoms with Crippen molar-refractivity contribution in [3.05, 3.63) is 42.2 Å². The van der Waals surface area contributed by atoms with E-state index >= 15 is 0 Å². The van der Waals surface area contributed by atoms with E-state index in [0.29, 0.717) is 51.0 Å². The Morgan fingerprint density at radius 1 is 0.971 bits per heavy atom. The minimum absolute atomic E-state index is 0.114. The van der Waals surface area contributed by atoms with Crippen LogP contribution in [0.5, 0.6) is 6.01 Å². The van der Waals surface area contributed by atoms with E-state index in [1.165, 1.54) is 4.90 Å². The van der Waals surface area contributed by atoms with Crippen LogP contribution in [0.4, 0.5) is 4.79 Å². The molecule has 2 fully saturated rings. The third-order valence-electron chi connectivity index (χ3n) is 6.13. The number of imide groups is 1. The molecule has 0 atom stereocenters. The lowest BCUT2D eigenvalue weighted by atomic mass is 9.98. The Kier molecular flexibility index (Phi) is 7.33. The lowest BCUT2D eigenvalue weighted by Crippen LogP contribution is -2.42. The minimum Gasteiger partial charge on any atom is -0.463 e. The second-order valence-electron chi connectivity index (χ2n) is 10.0. The summed E-state index contributed by atoms with van der Waals surface area (Å²) in [6.07, 6.45) is 5.46. The van der Waals surface area contributed by atoms with Gasteiger partial charge < -0.3 is 14.4 Å². The fraction of sp³-hybridized carbons (Fsp3) is 0.500. The topological polar surface area (TPSA) is 102 Å². The fourth-order valence-electron chi connectivity index (χ4n) is 4.13. The molecule has 0 saturated carbocycles. The molecule has 4 rings (SSSR count). The number of hydrogen-bond donors (Lipinski definition) is 0. The van der Waals surface area contributed by atoms with Crippen LogP contribution in [0.25, 0.3) is 11.1 Å². The van der Waals surface area contributed by atoms with Crippen LogP contribution in [-0.2, 0) is 20.9 Å². The quantitative estimate of drug-likeness (QED) is 0.579. The summed E-state index contributed by atoms with van der Waals surface area (Å²) in [7, 11) is 0. The molecule has 0 spiro atoms. The van der Waals surface area contributed by atoms with Crippen molar-refractivity contribution in [2.24, 2.45) is 5.92 Å². The number of carbonyl (C=O) groups excluding carboxylic acids is 3. The van der Waals surface area contributed by atoms with Crippen molar-refractivity contribution in [2.75, 3.05) is 19.7 Å². The number of amides is 3. The lowest BCUT2D eigenvalue weighted by molar-refractivity contribution is -0.139. The first kappa shape index (κ1) is 24.6. The van der Waals surface area contributed by atoms with Crippen molar-refractivity contribution in [3.63, 3.8) is 0 Å². The number of aromatic nitrogens is 2. The molecule has 2 aliphatic rings. The SMILES string of the molecule is CC(C)(C)OC(=O)N1CCC(COc2ncc(-c3ccc(CN4C(=O)CCC4=O)cc3)cn2)CC1. The number of hydrogen-bond acceptors (Lipinski definition) is 7.